The van der Waals surface area contributed by atoms with Crippen molar-refractivity contribution in [3.8, 4) is 28.6 Å². The Morgan fingerprint density at radius 1 is 1.31 bits per heavy atom. The zero-order valence-electron chi connectivity index (χ0n) is 14.2. The summed E-state index contributed by atoms with van der Waals surface area (Å²) >= 11 is 7.80. The van der Waals surface area contributed by atoms with Crippen molar-refractivity contribution in [3.63, 3.8) is 0 Å². The number of amides is 1. The van der Waals surface area contributed by atoms with E-state index < -0.39 is 6.09 Å². The molecule has 2 N–H and O–H groups in total. The van der Waals surface area contributed by atoms with E-state index in [2.05, 4.69) is 5.10 Å². The average Bonchev–Trinajstić information content (AvgIpc) is 3.14. The van der Waals surface area contributed by atoms with Gasteiger partial charge in [0, 0.05) is 12.5 Å². The number of nitrogens with zero attached hydrogens (tertiary/aromatic N) is 2. The third-order valence-electron chi connectivity index (χ3n) is 3.58. The van der Waals surface area contributed by atoms with Crippen LogP contribution in [0.3, 0.4) is 0 Å². The monoisotopic (exact) mass is 397 g/mol. The first-order chi connectivity index (χ1) is 12.5. The van der Waals surface area contributed by atoms with Gasteiger partial charge in [-0.1, -0.05) is 11.6 Å². The molecule has 0 aliphatic heterocycles. The largest absolute Gasteiger partial charge is 0.496 e. The van der Waals surface area contributed by atoms with Crippen LogP contribution in [-0.4, -0.2) is 37.0 Å². The van der Waals surface area contributed by atoms with E-state index in [0.29, 0.717) is 33.5 Å². The van der Waals surface area contributed by atoms with Crippen LogP contribution in [-0.2, 0) is 11.3 Å². The number of fused-ring (bicyclic) bond motifs is 1. The molecule has 2 aromatic heterocycles. The minimum absolute atomic E-state index is 0.142. The second-order valence-corrected chi connectivity index (χ2v) is 6.45. The number of primary amides is 1. The number of methoxy groups -OCH3 is 3. The van der Waals surface area contributed by atoms with E-state index in [1.54, 1.807) is 24.8 Å². The van der Waals surface area contributed by atoms with Gasteiger partial charge < -0.3 is 24.7 Å². The van der Waals surface area contributed by atoms with E-state index in [-0.39, 0.29) is 11.6 Å². The fraction of sp³-hybridized carbons (Fsp3) is 0.250. The lowest BCUT2D eigenvalue weighted by molar-refractivity contribution is 0.184. The van der Waals surface area contributed by atoms with Gasteiger partial charge >= 0.3 is 6.09 Å². The molecule has 138 valence electrons. The molecule has 1 amide bonds. The van der Waals surface area contributed by atoms with Crippen molar-refractivity contribution in [1.82, 2.24) is 9.61 Å². The summed E-state index contributed by atoms with van der Waals surface area (Å²) in [4.78, 5) is 11.7. The van der Waals surface area contributed by atoms with E-state index in [1.165, 1.54) is 18.4 Å². The maximum atomic E-state index is 11.2. The normalized spacial score (nSPS) is 10.9. The molecule has 0 saturated heterocycles. The lowest BCUT2D eigenvalue weighted by atomic mass is 10.1. The number of thiazole rings is 1. The summed E-state index contributed by atoms with van der Waals surface area (Å²) in [6.07, 6.45) is -0.951. The van der Waals surface area contributed by atoms with Gasteiger partial charge in [-0.25, -0.2) is 9.31 Å². The molecule has 0 fully saturated rings. The summed E-state index contributed by atoms with van der Waals surface area (Å²) in [7, 11) is 4.58. The van der Waals surface area contributed by atoms with Crippen LogP contribution in [0.1, 0.15) is 5.56 Å². The second-order valence-electron chi connectivity index (χ2n) is 5.19. The Bertz CT molecular complexity index is 969. The van der Waals surface area contributed by atoms with E-state index in [4.69, 9.17) is 36.3 Å². The van der Waals surface area contributed by atoms with Crippen LogP contribution in [0.15, 0.2) is 17.5 Å². The van der Waals surface area contributed by atoms with Gasteiger partial charge in [0.15, 0.2) is 4.83 Å². The molecule has 0 saturated carbocycles. The molecular formula is C16H16ClN3O5S. The van der Waals surface area contributed by atoms with Gasteiger partial charge in [0.2, 0.25) is 5.75 Å². The first-order valence-electron chi connectivity index (χ1n) is 7.37. The Balaban J connectivity index is 2.20. The predicted molar refractivity (Wildman–Crippen MR) is 97.5 cm³/mol. The average molecular weight is 398 g/mol. The molecule has 1 aromatic carbocycles. The van der Waals surface area contributed by atoms with Crippen LogP contribution >= 0.6 is 22.9 Å². The van der Waals surface area contributed by atoms with Gasteiger partial charge in [0.1, 0.15) is 5.75 Å². The van der Waals surface area contributed by atoms with Crippen molar-refractivity contribution in [2.75, 3.05) is 21.3 Å². The molecule has 3 rings (SSSR count). The molecule has 10 heteroatoms. The van der Waals surface area contributed by atoms with Crippen molar-refractivity contribution >= 4 is 33.9 Å². The molecular weight excluding hydrogens is 382 g/mol. The molecule has 2 heterocycles. The number of ether oxygens (including phenoxy) is 4. The number of nitrogens with two attached hydrogens (primary N) is 1. The number of aromatic nitrogens is 2. The van der Waals surface area contributed by atoms with E-state index in [1.807, 2.05) is 11.4 Å². The fourth-order valence-electron chi connectivity index (χ4n) is 2.58. The first-order valence-corrected chi connectivity index (χ1v) is 8.63. The van der Waals surface area contributed by atoms with Crippen molar-refractivity contribution in [1.29, 1.82) is 0 Å². The minimum Gasteiger partial charge on any atom is -0.496 e. The first kappa shape index (κ1) is 18.3. The Kier molecular flexibility index (Phi) is 5.21. The second kappa shape index (κ2) is 7.40. The van der Waals surface area contributed by atoms with Crippen LogP contribution < -0.4 is 19.9 Å². The molecule has 26 heavy (non-hydrogen) atoms. The highest BCUT2D eigenvalue weighted by Crippen LogP contribution is 2.43. The number of hydrogen-bond donors (Lipinski definition) is 1. The zero-order valence-corrected chi connectivity index (χ0v) is 15.8. The number of benzene rings is 1. The van der Waals surface area contributed by atoms with Gasteiger partial charge in [-0.3, -0.25) is 0 Å². The molecule has 8 nitrogen and oxygen atoms in total. The topological polar surface area (TPSA) is 97.3 Å². The highest BCUT2D eigenvalue weighted by Gasteiger charge is 2.24. The minimum atomic E-state index is -0.951. The Labute approximate surface area is 158 Å². The maximum absolute atomic E-state index is 11.2. The van der Waals surface area contributed by atoms with Crippen molar-refractivity contribution < 1.29 is 23.7 Å². The summed E-state index contributed by atoms with van der Waals surface area (Å²) < 4.78 is 22.4. The summed E-state index contributed by atoms with van der Waals surface area (Å²) in [5, 5.41) is 6.63. The van der Waals surface area contributed by atoms with Gasteiger partial charge in [0.25, 0.3) is 5.88 Å². The van der Waals surface area contributed by atoms with Gasteiger partial charge in [0.05, 0.1) is 37.1 Å². The third kappa shape index (κ3) is 3.16. The Morgan fingerprint density at radius 3 is 2.69 bits per heavy atom. The lowest BCUT2D eigenvalue weighted by Crippen LogP contribution is -2.16. The van der Waals surface area contributed by atoms with Gasteiger partial charge in [-0.2, -0.15) is 0 Å². The predicted octanol–water partition coefficient (Wildman–Crippen LogP) is 3.34. The fourth-order valence-corrected chi connectivity index (χ4v) is 3.82. The van der Waals surface area contributed by atoms with Crippen molar-refractivity contribution in [3.05, 3.63) is 28.1 Å². The summed E-state index contributed by atoms with van der Waals surface area (Å²) in [6.45, 7) is 0.404. The molecule has 0 aliphatic carbocycles. The molecule has 0 atom stereocenters. The Hall–Kier alpha value is -2.49. The molecule has 3 aromatic rings. The van der Waals surface area contributed by atoms with Gasteiger partial charge in [-0.15, -0.1) is 16.4 Å². The zero-order chi connectivity index (χ0) is 18.8. The van der Waals surface area contributed by atoms with Crippen molar-refractivity contribution in [2.24, 2.45) is 5.73 Å². The molecule has 0 aliphatic rings. The number of rotatable bonds is 6. The van der Waals surface area contributed by atoms with Crippen molar-refractivity contribution in [2.45, 2.75) is 6.61 Å². The van der Waals surface area contributed by atoms with Crippen LogP contribution in [0.25, 0.3) is 16.1 Å². The summed E-state index contributed by atoms with van der Waals surface area (Å²) in [5.74, 6) is 0.862. The maximum Gasteiger partial charge on any atom is 0.410 e. The highest BCUT2D eigenvalue weighted by atomic mass is 35.5. The molecule has 0 unspecified atom stereocenters. The van der Waals surface area contributed by atoms with Crippen LogP contribution in [0.2, 0.25) is 5.02 Å². The third-order valence-corrected chi connectivity index (χ3v) is 4.80. The quantitative estimate of drug-likeness (QED) is 0.685. The lowest BCUT2D eigenvalue weighted by Gasteiger charge is -2.12. The summed E-state index contributed by atoms with van der Waals surface area (Å²) in [5.41, 5.74) is 7.31. The Morgan fingerprint density at radius 2 is 2.08 bits per heavy atom. The molecule has 0 spiro atoms. The number of hydrogen-bond acceptors (Lipinski definition) is 7. The molecule has 0 radical (unpaired) electrons. The van der Waals surface area contributed by atoms with E-state index >= 15 is 0 Å². The number of carbonyl (C=O) groups excluding carboxylic acids is 1. The van der Waals surface area contributed by atoms with Crippen LogP contribution in [0.5, 0.6) is 17.4 Å². The van der Waals surface area contributed by atoms with Crippen LogP contribution in [0, 0.1) is 0 Å². The van der Waals surface area contributed by atoms with Gasteiger partial charge in [-0.05, 0) is 17.7 Å². The number of halogens is 1. The van der Waals surface area contributed by atoms with Crippen LogP contribution in [0.4, 0.5) is 4.79 Å². The smallest absolute Gasteiger partial charge is 0.410 e. The highest BCUT2D eigenvalue weighted by molar-refractivity contribution is 7.16. The standard InChI is InChI=1S/C16H16ClN3O5S/c1-22-6-8-4-9(17)12(11(5-8)23-2)10-7-26-15-13(25-16(18)21)14(24-3)19-20(10)15/h4-5,7H,6H2,1-3H3,(H2,18,21). The van der Waals surface area contributed by atoms with E-state index in [9.17, 15) is 4.79 Å². The molecule has 0 bridgehead atoms. The van der Waals surface area contributed by atoms with E-state index in [0.717, 1.165) is 5.56 Å². The SMILES string of the molecule is COCc1cc(Cl)c(-c2csc3c(OC(N)=O)c(OC)nn23)c(OC)c1. The number of carbonyl (C=O) groups is 1. The summed E-state index contributed by atoms with van der Waals surface area (Å²) in [6, 6.07) is 3.64.